The van der Waals surface area contributed by atoms with Crippen LogP contribution in [-0.2, 0) is 4.74 Å². The molecule has 6 heteroatoms. The molecule has 0 aromatic heterocycles. The lowest BCUT2D eigenvalue weighted by atomic mass is 10.0. The number of amides is 1. The Hall–Kier alpha value is -2.31. The second-order valence-electron chi connectivity index (χ2n) is 8.52. The molecule has 3 rings (SSSR count). The zero-order valence-electron chi connectivity index (χ0n) is 16.8. The van der Waals surface area contributed by atoms with Crippen LogP contribution in [0.4, 0.5) is 4.79 Å². The van der Waals surface area contributed by atoms with E-state index in [-0.39, 0.29) is 24.3 Å². The summed E-state index contributed by atoms with van der Waals surface area (Å²) in [7, 11) is 0. The number of aliphatic hydroxyl groups is 1. The van der Waals surface area contributed by atoms with Crippen LogP contribution in [-0.4, -0.2) is 40.0 Å². The summed E-state index contributed by atoms with van der Waals surface area (Å²) in [5.74, 6) is 0. The minimum Gasteiger partial charge on any atom is -0.444 e. The van der Waals surface area contributed by atoms with Gasteiger partial charge in [0.25, 0.3) is 0 Å². The van der Waals surface area contributed by atoms with E-state index in [1.165, 1.54) is 0 Å². The predicted octanol–water partition coefficient (Wildman–Crippen LogP) is 3.21. The number of aliphatic hydroxyl groups excluding tert-OH is 1. The van der Waals surface area contributed by atoms with Gasteiger partial charge in [-0.3, -0.25) is 4.90 Å². The number of rotatable bonds is 4. The summed E-state index contributed by atoms with van der Waals surface area (Å²) in [6.07, 6.45) is 6.72. The van der Waals surface area contributed by atoms with Crippen molar-refractivity contribution in [1.29, 1.82) is 0 Å². The minimum absolute atomic E-state index is 0.0368. The molecule has 0 bridgehead atoms. The van der Waals surface area contributed by atoms with Gasteiger partial charge in [-0.25, -0.2) is 4.79 Å². The molecule has 0 aliphatic carbocycles. The number of likely N-dealkylation sites (tertiary alicyclic amines) is 1. The molecule has 2 aliphatic heterocycles. The number of benzene rings is 1. The molecule has 0 radical (unpaired) electrons. The summed E-state index contributed by atoms with van der Waals surface area (Å²) < 4.78 is 5.68. The molecule has 0 saturated carbocycles. The number of dihydropyridines is 1. The van der Waals surface area contributed by atoms with Gasteiger partial charge < -0.3 is 20.9 Å². The van der Waals surface area contributed by atoms with Gasteiger partial charge in [0.05, 0.1) is 18.3 Å². The largest absolute Gasteiger partial charge is 0.444 e. The van der Waals surface area contributed by atoms with E-state index in [4.69, 9.17) is 10.5 Å². The van der Waals surface area contributed by atoms with Gasteiger partial charge in [-0.2, -0.15) is 0 Å². The van der Waals surface area contributed by atoms with E-state index in [0.717, 1.165) is 24.0 Å². The van der Waals surface area contributed by atoms with E-state index >= 15 is 0 Å². The average Bonchev–Trinajstić information content (AvgIpc) is 3.06. The van der Waals surface area contributed by atoms with Crippen LogP contribution in [0.15, 0.2) is 54.3 Å². The van der Waals surface area contributed by atoms with Crippen molar-refractivity contribution in [2.75, 3.05) is 0 Å². The Balaban J connectivity index is 1.81. The zero-order valence-corrected chi connectivity index (χ0v) is 16.8. The Morgan fingerprint density at radius 3 is 2.64 bits per heavy atom. The van der Waals surface area contributed by atoms with Crippen LogP contribution >= 0.6 is 0 Å². The van der Waals surface area contributed by atoms with Gasteiger partial charge in [-0.05, 0) is 57.2 Å². The summed E-state index contributed by atoms with van der Waals surface area (Å²) in [6.45, 7) is 5.57. The van der Waals surface area contributed by atoms with Crippen molar-refractivity contribution in [1.82, 2.24) is 10.2 Å². The number of hydrogen-bond acceptors (Lipinski definition) is 5. The Kier molecular flexibility index (Phi) is 6.10. The standard InChI is InChI=1S/C22H31N3O3/c1-22(2,3)28-21(27)25-17(13-15-9-12-19(23)24-14-15)10-11-18(25)20(26)16-7-5-4-6-8-16/h4-9,12,14,17-20,24,26H,10-11,13,23H2,1-3H3/t17-,18+,19?,20+/m0/s1. The van der Waals surface area contributed by atoms with E-state index in [9.17, 15) is 9.90 Å². The van der Waals surface area contributed by atoms with E-state index < -0.39 is 11.7 Å². The fraction of sp³-hybridized carbons (Fsp3) is 0.500. The predicted molar refractivity (Wildman–Crippen MR) is 109 cm³/mol. The van der Waals surface area contributed by atoms with E-state index in [0.29, 0.717) is 6.42 Å². The summed E-state index contributed by atoms with van der Waals surface area (Å²) in [5, 5.41) is 14.1. The molecule has 4 N–H and O–H groups in total. The molecule has 2 heterocycles. The van der Waals surface area contributed by atoms with E-state index in [2.05, 4.69) is 5.32 Å². The first kappa shape index (κ1) is 20.4. The van der Waals surface area contributed by atoms with Crippen molar-refractivity contribution in [3.8, 4) is 0 Å². The monoisotopic (exact) mass is 385 g/mol. The normalized spacial score (nSPS) is 25.8. The fourth-order valence-corrected chi connectivity index (χ4v) is 3.83. The number of nitrogens with two attached hydrogens (primary N) is 1. The quantitative estimate of drug-likeness (QED) is 0.741. The second kappa shape index (κ2) is 8.37. The number of carbonyl (C=O) groups is 1. The molecule has 1 aromatic rings. The molecule has 1 amide bonds. The van der Waals surface area contributed by atoms with Crippen molar-refractivity contribution in [3.63, 3.8) is 0 Å². The molecular weight excluding hydrogens is 354 g/mol. The first-order chi connectivity index (χ1) is 13.2. The van der Waals surface area contributed by atoms with Crippen LogP contribution in [0.25, 0.3) is 0 Å². The molecule has 0 spiro atoms. The van der Waals surface area contributed by atoms with Crippen LogP contribution < -0.4 is 11.1 Å². The number of allylic oxidation sites excluding steroid dienone is 1. The van der Waals surface area contributed by atoms with Gasteiger partial charge in [0.2, 0.25) is 0 Å². The van der Waals surface area contributed by atoms with E-state index in [1.54, 1.807) is 4.90 Å². The lowest BCUT2D eigenvalue weighted by Gasteiger charge is -2.35. The first-order valence-electron chi connectivity index (χ1n) is 9.88. The van der Waals surface area contributed by atoms with Crippen molar-refractivity contribution < 1.29 is 14.6 Å². The van der Waals surface area contributed by atoms with Gasteiger partial charge in [0.1, 0.15) is 5.60 Å². The first-order valence-corrected chi connectivity index (χ1v) is 9.88. The Bertz CT molecular complexity index is 739. The van der Waals surface area contributed by atoms with Gasteiger partial charge in [-0.1, -0.05) is 36.4 Å². The highest BCUT2D eigenvalue weighted by atomic mass is 16.6. The lowest BCUT2D eigenvalue weighted by Crippen LogP contribution is -2.46. The number of carbonyl (C=O) groups excluding carboxylic acids is 1. The van der Waals surface area contributed by atoms with Gasteiger partial charge >= 0.3 is 6.09 Å². The molecular formula is C22H31N3O3. The number of nitrogens with zero attached hydrogens (tertiary/aromatic N) is 1. The maximum atomic E-state index is 13.0. The van der Waals surface area contributed by atoms with Crippen LogP contribution in [0.2, 0.25) is 0 Å². The van der Waals surface area contributed by atoms with Gasteiger partial charge in [0, 0.05) is 12.2 Å². The van der Waals surface area contributed by atoms with E-state index in [1.807, 2.05) is 69.5 Å². The van der Waals surface area contributed by atoms with Crippen molar-refractivity contribution in [2.24, 2.45) is 5.73 Å². The molecule has 2 aliphatic rings. The highest BCUT2D eigenvalue weighted by Crippen LogP contribution is 2.37. The third-order valence-corrected chi connectivity index (χ3v) is 5.11. The number of nitrogens with one attached hydrogen (secondary N) is 1. The molecule has 152 valence electrons. The molecule has 1 saturated heterocycles. The zero-order chi connectivity index (χ0) is 20.3. The summed E-state index contributed by atoms with van der Waals surface area (Å²) >= 11 is 0. The SMILES string of the molecule is CC(C)(C)OC(=O)N1[C@H](CC2=CNC(N)C=C2)CC[C@@H]1[C@H](O)c1ccccc1. The number of hydrogen-bond donors (Lipinski definition) is 3. The average molecular weight is 386 g/mol. The van der Waals surface area contributed by atoms with Crippen molar-refractivity contribution in [2.45, 2.75) is 70.0 Å². The summed E-state index contributed by atoms with van der Waals surface area (Å²) in [6, 6.07) is 9.14. The highest BCUT2D eigenvalue weighted by molar-refractivity contribution is 5.69. The Morgan fingerprint density at radius 2 is 2.04 bits per heavy atom. The van der Waals surface area contributed by atoms with Crippen LogP contribution in [0.1, 0.15) is 51.7 Å². The Morgan fingerprint density at radius 1 is 1.32 bits per heavy atom. The molecule has 1 aromatic carbocycles. The van der Waals surface area contributed by atoms with Gasteiger partial charge in [-0.15, -0.1) is 0 Å². The summed E-state index contributed by atoms with van der Waals surface area (Å²) in [4.78, 5) is 14.8. The van der Waals surface area contributed by atoms with Crippen LogP contribution in [0.5, 0.6) is 0 Å². The second-order valence-corrected chi connectivity index (χ2v) is 8.52. The maximum Gasteiger partial charge on any atom is 0.410 e. The topological polar surface area (TPSA) is 87.8 Å². The summed E-state index contributed by atoms with van der Waals surface area (Å²) in [5.41, 5.74) is 7.11. The third-order valence-electron chi connectivity index (χ3n) is 5.11. The van der Waals surface area contributed by atoms with Gasteiger partial charge in [0.15, 0.2) is 0 Å². The van der Waals surface area contributed by atoms with Crippen LogP contribution in [0, 0.1) is 0 Å². The van der Waals surface area contributed by atoms with Crippen molar-refractivity contribution >= 4 is 6.09 Å². The highest BCUT2D eigenvalue weighted by Gasteiger charge is 2.43. The lowest BCUT2D eigenvalue weighted by molar-refractivity contribution is -0.00447. The molecule has 1 fully saturated rings. The van der Waals surface area contributed by atoms with Crippen LogP contribution in [0.3, 0.4) is 0 Å². The molecule has 6 nitrogen and oxygen atoms in total. The fourth-order valence-electron chi connectivity index (χ4n) is 3.83. The van der Waals surface area contributed by atoms with Crippen molar-refractivity contribution in [3.05, 3.63) is 59.8 Å². The maximum absolute atomic E-state index is 13.0. The number of ether oxygens (including phenoxy) is 1. The Labute approximate surface area is 167 Å². The third kappa shape index (κ3) is 4.94. The molecule has 4 atom stereocenters. The minimum atomic E-state index is -0.749. The molecule has 1 unspecified atom stereocenters. The smallest absolute Gasteiger partial charge is 0.410 e. The molecule has 28 heavy (non-hydrogen) atoms.